The third-order valence-electron chi connectivity index (χ3n) is 3.39. The molecule has 76 valence electrons. The van der Waals surface area contributed by atoms with Gasteiger partial charge in [-0.2, -0.15) is 0 Å². The molecule has 1 atom stereocenters. The highest BCUT2D eigenvalue weighted by Gasteiger charge is 2.40. The van der Waals surface area contributed by atoms with Gasteiger partial charge >= 0.3 is 0 Å². The van der Waals surface area contributed by atoms with Gasteiger partial charge in [0.1, 0.15) is 0 Å². The van der Waals surface area contributed by atoms with Crippen molar-refractivity contribution in [1.29, 1.82) is 0 Å². The average Bonchev–Trinajstić information content (AvgIpc) is 2.51. The molecular weight excluding hydrogens is 166 g/mol. The Morgan fingerprint density at radius 3 is 2.69 bits per heavy atom. The molecule has 1 saturated heterocycles. The second kappa shape index (κ2) is 3.95. The van der Waals surface area contributed by atoms with Gasteiger partial charge in [-0.05, 0) is 25.7 Å². The Morgan fingerprint density at radius 2 is 2.00 bits per heavy atom. The first-order valence-electron chi connectivity index (χ1n) is 5.34. The van der Waals surface area contributed by atoms with Gasteiger partial charge in [-0.3, -0.25) is 0 Å². The van der Waals surface area contributed by atoms with Crippen molar-refractivity contribution in [3.63, 3.8) is 0 Å². The minimum Gasteiger partial charge on any atom is -0.369 e. The molecular formula is C10H19NO2. The third-order valence-corrected chi connectivity index (χ3v) is 3.39. The lowest BCUT2D eigenvalue weighted by molar-refractivity contribution is -0.0883. The van der Waals surface area contributed by atoms with Crippen molar-refractivity contribution in [3.05, 3.63) is 0 Å². The number of hydrogen-bond acceptors (Lipinski definition) is 3. The molecule has 1 saturated carbocycles. The summed E-state index contributed by atoms with van der Waals surface area (Å²) in [5.41, 5.74) is 0.210. The van der Waals surface area contributed by atoms with Crippen LogP contribution in [0.1, 0.15) is 44.9 Å². The van der Waals surface area contributed by atoms with Crippen molar-refractivity contribution < 1.29 is 9.57 Å². The van der Waals surface area contributed by atoms with Gasteiger partial charge in [0.05, 0.1) is 18.3 Å². The van der Waals surface area contributed by atoms with Crippen molar-refractivity contribution in [2.75, 3.05) is 6.61 Å². The molecule has 2 rings (SSSR count). The van der Waals surface area contributed by atoms with Crippen LogP contribution in [0.3, 0.4) is 0 Å². The summed E-state index contributed by atoms with van der Waals surface area (Å²) in [5, 5.41) is 0. The molecule has 0 aromatic carbocycles. The predicted octanol–water partition coefficient (Wildman–Crippen LogP) is 1.76. The van der Waals surface area contributed by atoms with Crippen molar-refractivity contribution in [3.8, 4) is 0 Å². The predicted molar refractivity (Wildman–Crippen MR) is 50.1 cm³/mol. The smallest absolute Gasteiger partial charge is 0.0941 e. The highest BCUT2D eigenvalue weighted by atomic mass is 16.6. The summed E-state index contributed by atoms with van der Waals surface area (Å²) in [7, 11) is 0. The maximum atomic E-state index is 6.03. The fourth-order valence-electron chi connectivity index (χ4n) is 2.68. The second-order valence-electron chi connectivity index (χ2n) is 4.36. The Kier molecular flexibility index (Phi) is 2.86. The Labute approximate surface area is 79.5 Å². The quantitative estimate of drug-likeness (QED) is 0.667. The minimum absolute atomic E-state index is 0.210. The standard InChI is InChI=1S/C10H19NO2/c11-12-8-9-4-7-10(13-9)5-2-1-3-6-10/h9H,1-8,11H2. The molecule has 0 aromatic heterocycles. The SMILES string of the molecule is NOCC1CCC2(CCCCC2)O1. The number of ether oxygens (including phenoxy) is 1. The first-order valence-corrected chi connectivity index (χ1v) is 5.34. The maximum absolute atomic E-state index is 6.03. The first-order chi connectivity index (χ1) is 6.35. The molecule has 0 radical (unpaired) electrons. The van der Waals surface area contributed by atoms with Gasteiger partial charge in [0.25, 0.3) is 0 Å². The molecule has 13 heavy (non-hydrogen) atoms. The average molecular weight is 185 g/mol. The van der Waals surface area contributed by atoms with Crippen LogP contribution in [0.15, 0.2) is 0 Å². The summed E-state index contributed by atoms with van der Waals surface area (Å²) in [4.78, 5) is 4.63. The zero-order chi connectivity index (χ0) is 9.15. The van der Waals surface area contributed by atoms with Crippen LogP contribution in [0.5, 0.6) is 0 Å². The monoisotopic (exact) mass is 185 g/mol. The molecule has 3 nitrogen and oxygen atoms in total. The molecule has 1 aliphatic carbocycles. The Morgan fingerprint density at radius 1 is 1.23 bits per heavy atom. The largest absolute Gasteiger partial charge is 0.369 e. The Balaban J connectivity index is 1.87. The molecule has 3 heteroatoms. The second-order valence-corrected chi connectivity index (χ2v) is 4.36. The lowest BCUT2D eigenvalue weighted by Gasteiger charge is -2.33. The summed E-state index contributed by atoms with van der Waals surface area (Å²) < 4.78 is 6.03. The van der Waals surface area contributed by atoms with Crippen LogP contribution < -0.4 is 5.90 Å². The van der Waals surface area contributed by atoms with Crippen molar-refractivity contribution in [1.82, 2.24) is 0 Å². The van der Waals surface area contributed by atoms with E-state index in [2.05, 4.69) is 4.84 Å². The summed E-state index contributed by atoms with van der Waals surface area (Å²) in [6.07, 6.45) is 9.11. The maximum Gasteiger partial charge on any atom is 0.0941 e. The normalized spacial score (nSPS) is 32.5. The van der Waals surface area contributed by atoms with Crippen LogP contribution in [0.2, 0.25) is 0 Å². The van der Waals surface area contributed by atoms with E-state index in [1.807, 2.05) is 0 Å². The minimum atomic E-state index is 0.210. The molecule has 1 unspecified atom stereocenters. The summed E-state index contributed by atoms with van der Waals surface area (Å²) in [5.74, 6) is 5.05. The molecule has 2 N–H and O–H groups in total. The zero-order valence-electron chi connectivity index (χ0n) is 8.13. The third kappa shape index (κ3) is 2.03. The van der Waals surface area contributed by atoms with E-state index in [9.17, 15) is 0 Å². The van der Waals surface area contributed by atoms with Gasteiger partial charge in [-0.15, -0.1) is 0 Å². The van der Waals surface area contributed by atoms with Crippen LogP contribution >= 0.6 is 0 Å². The van der Waals surface area contributed by atoms with Crippen LogP contribution in [0.25, 0.3) is 0 Å². The van der Waals surface area contributed by atoms with E-state index in [0.29, 0.717) is 6.61 Å². The van der Waals surface area contributed by atoms with Gasteiger partial charge in [0, 0.05) is 0 Å². The number of hydrogen-bond donors (Lipinski definition) is 1. The van der Waals surface area contributed by atoms with E-state index < -0.39 is 0 Å². The van der Waals surface area contributed by atoms with E-state index in [1.165, 1.54) is 38.5 Å². The first kappa shape index (κ1) is 9.44. The van der Waals surface area contributed by atoms with E-state index in [1.54, 1.807) is 0 Å². The number of nitrogens with two attached hydrogens (primary N) is 1. The molecule has 1 aliphatic heterocycles. The van der Waals surface area contributed by atoms with Gasteiger partial charge in [0.15, 0.2) is 0 Å². The molecule has 0 bridgehead atoms. The summed E-state index contributed by atoms with van der Waals surface area (Å²) in [6, 6.07) is 0. The van der Waals surface area contributed by atoms with Crippen LogP contribution in [0, 0.1) is 0 Å². The fourth-order valence-corrected chi connectivity index (χ4v) is 2.68. The molecule has 2 aliphatic rings. The highest BCUT2D eigenvalue weighted by molar-refractivity contribution is 4.91. The van der Waals surface area contributed by atoms with Crippen LogP contribution in [-0.2, 0) is 9.57 Å². The van der Waals surface area contributed by atoms with E-state index in [4.69, 9.17) is 10.6 Å². The van der Waals surface area contributed by atoms with Gasteiger partial charge in [0.2, 0.25) is 0 Å². The number of rotatable bonds is 2. The van der Waals surface area contributed by atoms with Crippen molar-refractivity contribution >= 4 is 0 Å². The molecule has 2 fully saturated rings. The molecule has 0 aromatic rings. The van der Waals surface area contributed by atoms with E-state index in [0.717, 1.165) is 6.42 Å². The topological polar surface area (TPSA) is 44.5 Å². The summed E-state index contributed by atoms with van der Waals surface area (Å²) in [6.45, 7) is 0.557. The van der Waals surface area contributed by atoms with E-state index >= 15 is 0 Å². The van der Waals surface area contributed by atoms with Crippen molar-refractivity contribution in [2.45, 2.75) is 56.7 Å². The van der Waals surface area contributed by atoms with Crippen LogP contribution in [-0.4, -0.2) is 18.3 Å². The van der Waals surface area contributed by atoms with E-state index in [-0.39, 0.29) is 11.7 Å². The Bertz CT molecular complexity index is 166. The van der Waals surface area contributed by atoms with Crippen molar-refractivity contribution in [2.24, 2.45) is 5.90 Å². The highest BCUT2D eigenvalue weighted by Crippen LogP contribution is 2.41. The lowest BCUT2D eigenvalue weighted by Crippen LogP contribution is -2.32. The molecule has 1 spiro atoms. The van der Waals surface area contributed by atoms with Gasteiger partial charge in [-0.25, -0.2) is 5.90 Å². The lowest BCUT2D eigenvalue weighted by atomic mass is 9.83. The fraction of sp³-hybridized carbons (Fsp3) is 1.00. The molecule has 0 amide bonds. The van der Waals surface area contributed by atoms with Crippen LogP contribution in [0.4, 0.5) is 0 Å². The Hall–Kier alpha value is -0.120. The zero-order valence-corrected chi connectivity index (χ0v) is 8.13. The van der Waals surface area contributed by atoms with Gasteiger partial charge in [-0.1, -0.05) is 19.3 Å². The molecule has 1 heterocycles. The summed E-state index contributed by atoms with van der Waals surface area (Å²) >= 11 is 0. The van der Waals surface area contributed by atoms with Gasteiger partial charge < -0.3 is 9.57 Å².